The van der Waals surface area contributed by atoms with E-state index in [4.69, 9.17) is 0 Å². The van der Waals surface area contributed by atoms with Crippen LogP contribution in [-0.2, 0) is 4.79 Å². The van der Waals surface area contributed by atoms with Crippen LogP contribution in [0.3, 0.4) is 0 Å². The van der Waals surface area contributed by atoms with E-state index in [-0.39, 0.29) is 16.9 Å². The minimum atomic E-state index is -0.667. The highest BCUT2D eigenvalue weighted by atomic mass is 19.1. The van der Waals surface area contributed by atoms with E-state index < -0.39 is 22.6 Å². The molecule has 0 fully saturated rings. The molecule has 0 bridgehead atoms. The Morgan fingerprint density at radius 3 is 2.54 bits per heavy atom. The van der Waals surface area contributed by atoms with Crippen molar-refractivity contribution in [1.82, 2.24) is 0 Å². The normalized spacial score (nSPS) is 10.1. The zero-order chi connectivity index (χ0) is 17.9. The van der Waals surface area contributed by atoms with Crippen molar-refractivity contribution in [1.29, 1.82) is 0 Å². The number of nitrogens with zero attached hydrogens (tertiary/aromatic N) is 2. The summed E-state index contributed by atoms with van der Waals surface area (Å²) in [5.41, 5.74) is 0.194. The lowest BCUT2D eigenvalue weighted by molar-refractivity contribution is -0.384. The number of non-ortho nitro benzene ring substituents is 1. The third-order valence-corrected chi connectivity index (χ3v) is 3.26. The Labute approximate surface area is 136 Å². The lowest BCUT2D eigenvalue weighted by Crippen LogP contribution is -2.26. The molecule has 0 aliphatic carbocycles. The average Bonchev–Trinajstić information content (AvgIpc) is 2.55. The highest BCUT2D eigenvalue weighted by Crippen LogP contribution is 2.23. The van der Waals surface area contributed by atoms with Crippen LogP contribution in [-0.4, -0.2) is 23.8 Å². The molecule has 0 aromatic heterocycles. The van der Waals surface area contributed by atoms with Crippen molar-refractivity contribution >= 4 is 28.9 Å². The Morgan fingerprint density at radius 2 is 1.92 bits per heavy atom. The lowest BCUT2D eigenvalue weighted by atomic mass is 10.1. The van der Waals surface area contributed by atoms with Gasteiger partial charge in [-0.1, -0.05) is 6.07 Å². The van der Waals surface area contributed by atoms with Crippen molar-refractivity contribution in [3.63, 3.8) is 0 Å². The summed E-state index contributed by atoms with van der Waals surface area (Å²) in [5, 5.41) is 13.1. The molecule has 2 aromatic carbocycles. The van der Waals surface area contributed by atoms with Crippen molar-refractivity contribution < 1.29 is 18.9 Å². The second kappa shape index (κ2) is 6.86. The highest BCUT2D eigenvalue weighted by Gasteiger charge is 2.17. The maximum absolute atomic E-state index is 13.6. The Morgan fingerprint density at radius 1 is 1.21 bits per heavy atom. The molecule has 0 spiro atoms. The van der Waals surface area contributed by atoms with Crippen molar-refractivity contribution in [3.05, 3.63) is 64.0 Å². The number of hydrogen-bond donors (Lipinski definition) is 1. The van der Waals surface area contributed by atoms with Gasteiger partial charge < -0.3 is 10.2 Å². The van der Waals surface area contributed by atoms with Gasteiger partial charge in [-0.2, -0.15) is 0 Å². The minimum absolute atomic E-state index is 0.110. The SMILES string of the molecule is CC(=O)Nc1cc(C(=O)N(C)c2cccc([N+](=O)[O-])c2)ccc1F. The van der Waals surface area contributed by atoms with Gasteiger partial charge in [0.25, 0.3) is 11.6 Å². The van der Waals surface area contributed by atoms with E-state index in [2.05, 4.69) is 5.32 Å². The van der Waals surface area contributed by atoms with Gasteiger partial charge in [0, 0.05) is 31.7 Å². The molecule has 2 amide bonds. The number of anilines is 2. The number of nitro benzene ring substituents is 1. The summed E-state index contributed by atoms with van der Waals surface area (Å²) in [7, 11) is 1.45. The standard InChI is InChI=1S/C16H14FN3O4/c1-10(21)18-15-8-11(6-7-14(15)17)16(22)19(2)12-4-3-5-13(9-12)20(23)24/h3-9H,1-2H3,(H,18,21). The van der Waals surface area contributed by atoms with E-state index in [1.807, 2.05) is 0 Å². The van der Waals surface area contributed by atoms with Gasteiger partial charge in [0.05, 0.1) is 16.3 Å². The molecular formula is C16H14FN3O4. The zero-order valence-electron chi connectivity index (χ0n) is 12.9. The summed E-state index contributed by atoms with van der Waals surface area (Å²) < 4.78 is 13.6. The third-order valence-electron chi connectivity index (χ3n) is 3.26. The number of halogens is 1. The van der Waals surface area contributed by atoms with E-state index in [0.717, 1.165) is 6.07 Å². The second-order valence-electron chi connectivity index (χ2n) is 5.02. The van der Waals surface area contributed by atoms with E-state index >= 15 is 0 Å². The predicted molar refractivity (Wildman–Crippen MR) is 86.5 cm³/mol. The lowest BCUT2D eigenvalue weighted by Gasteiger charge is -2.18. The summed E-state index contributed by atoms with van der Waals surface area (Å²) in [6.45, 7) is 1.23. The van der Waals surface area contributed by atoms with Crippen molar-refractivity contribution in [2.45, 2.75) is 6.92 Å². The van der Waals surface area contributed by atoms with Crippen LogP contribution < -0.4 is 10.2 Å². The number of carbonyl (C=O) groups excluding carboxylic acids is 2. The first-order chi connectivity index (χ1) is 11.3. The fourth-order valence-electron chi connectivity index (χ4n) is 2.07. The van der Waals surface area contributed by atoms with Crippen LogP contribution >= 0.6 is 0 Å². The molecule has 0 radical (unpaired) electrons. The van der Waals surface area contributed by atoms with Gasteiger partial charge in [0.1, 0.15) is 5.82 Å². The molecule has 7 nitrogen and oxygen atoms in total. The highest BCUT2D eigenvalue weighted by molar-refractivity contribution is 6.06. The van der Waals surface area contributed by atoms with Crippen LogP contribution in [0.1, 0.15) is 17.3 Å². The molecule has 0 saturated heterocycles. The van der Waals surface area contributed by atoms with Gasteiger partial charge in [-0.05, 0) is 24.3 Å². The molecule has 0 aliphatic rings. The predicted octanol–water partition coefficient (Wildman–Crippen LogP) is 2.97. The number of nitro groups is 1. The van der Waals surface area contributed by atoms with Crippen molar-refractivity contribution in [3.8, 4) is 0 Å². The number of amides is 2. The van der Waals surface area contributed by atoms with Gasteiger partial charge in [0.15, 0.2) is 0 Å². The molecule has 0 heterocycles. The Kier molecular flexibility index (Phi) is 4.88. The van der Waals surface area contributed by atoms with Gasteiger partial charge in [-0.3, -0.25) is 19.7 Å². The number of nitrogens with one attached hydrogen (secondary N) is 1. The smallest absolute Gasteiger partial charge is 0.271 e. The van der Waals surface area contributed by atoms with Crippen LogP contribution in [0.2, 0.25) is 0 Å². The number of hydrogen-bond acceptors (Lipinski definition) is 4. The summed E-state index contributed by atoms with van der Waals surface area (Å²) in [6.07, 6.45) is 0. The first kappa shape index (κ1) is 17.1. The minimum Gasteiger partial charge on any atom is -0.324 e. The zero-order valence-corrected chi connectivity index (χ0v) is 12.9. The van der Waals surface area contributed by atoms with Crippen LogP contribution in [0.5, 0.6) is 0 Å². The summed E-state index contributed by atoms with van der Waals surface area (Å²) >= 11 is 0. The van der Waals surface area contributed by atoms with E-state index in [0.29, 0.717) is 5.69 Å². The summed E-state index contributed by atoms with van der Waals surface area (Å²) in [5.74, 6) is -1.63. The second-order valence-corrected chi connectivity index (χ2v) is 5.02. The first-order valence-electron chi connectivity index (χ1n) is 6.89. The largest absolute Gasteiger partial charge is 0.324 e. The molecule has 124 valence electrons. The summed E-state index contributed by atoms with van der Waals surface area (Å²) in [4.78, 5) is 35.0. The number of carbonyl (C=O) groups is 2. The van der Waals surface area contributed by atoms with Gasteiger partial charge in [-0.15, -0.1) is 0 Å². The maximum atomic E-state index is 13.6. The molecule has 2 aromatic rings. The van der Waals surface area contributed by atoms with Gasteiger partial charge in [-0.25, -0.2) is 4.39 Å². The quantitative estimate of drug-likeness (QED) is 0.688. The fourth-order valence-corrected chi connectivity index (χ4v) is 2.07. The Hall–Kier alpha value is -3.29. The molecule has 0 aliphatic heterocycles. The van der Waals surface area contributed by atoms with Crippen molar-refractivity contribution in [2.24, 2.45) is 0 Å². The van der Waals surface area contributed by atoms with Gasteiger partial charge >= 0.3 is 0 Å². The molecule has 24 heavy (non-hydrogen) atoms. The van der Waals surface area contributed by atoms with E-state index in [1.165, 1.54) is 49.2 Å². The van der Waals surface area contributed by atoms with Crippen LogP contribution in [0.15, 0.2) is 42.5 Å². The Bertz CT molecular complexity index is 823. The van der Waals surface area contributed by atoms with Gasteiger partial charge in [0.2, 0.25) is 5.91 Å². The molecule has 8 heteroatoms. The molecule has 1 N–H and O–H groups in total. The van der Waals surface area contributed by atoms with E-state index in [1.54, 1.807) is 6.07 Å². The third kappa shape index (κ3) is 3.72. The molecule has 0 saturated carbocycles. The maximum Gasteiger partial charge on any atom is 0.271 e. The summed E-state index contributed by atoms with van der Waals surface area (Å²) in [6, 6.07) is 9.14. The number of benzene rings is 2. The monoisotopic (exact) mass is 331 g/mol. The molecule has 0 unspecified atom stereocenters. The Balaban J connectivity index is 2.32. The fraction of sp³-hybridized carbons (Fsp3) is 0.125. The van der Waals surface area contributed by atoms with Crippen LogP contribution in [0.4, 0.5) is 21.5 Å². The van der Waals surface area contributed by atoms with Crippen LogP contribution in [0, 0.1) is 15.9 Å². The van der Waals surface area contributed by atoms with Crippen LogP contribution in [0.25, 0.3) is 0 Å². The number of rotatable bonds is 4. The topological polar surface area (TPSA) is 92.6 Å². The average molecular weight is 331 g/mol. The first-order valence-corrected chi connectivity index (χ1v) is 6.89. The molecule has 0 atom stereocenters. The van der Waals surface area contributed by atoms with Crippen molar-refractivity contribution in [2.75, 3.05) is 17.3 Å². The molecular weight excluding hydrogens is 317 g/mol. The molecule has 2 rings (SSSR count). The van der Waals surface area contributed by atoms with E-state index in [9.17, 15) is 24.1 Å².